The molecule has 20 heavy (non-hydrogen) atoms. The third kappa shape index (κ3) is 2.78. The molecule has 3 N–H and O–H groups in total. The van der Waals surface area contributed by atoms with Crippen LogP contribution in [0.2, 0.25) is 0 Å². The van der Waals surface area contributed by atoms with E-state index in [1.54, 1.807) is 0 Å². The highest BCUT2D eigenvalue weighted by molar-refractivity contribution is 5.07. The maximum Gasteiger partial charge on any atom is 0.0748 e. The lowest BCUT2D eigenvalue weighted by atomic mass is 9.52. The molecule has 118 valence electrons. The largest absolute Gasteiger partial charge is 0.389 e. The molecule has 0 aromatic rings. The number of nitrogens with two attached hydrogens (primary N) is 1. The summed E-state index contributed by atoms with van der Waals surface area (Å²) in [6.45, 7) is 7.56. The van der Waals surface area contributed by atoms with E-state index in [9.17, 15) is 5.11 Å². The van der Waals surface area contributed by atoms with Crippen LogP contribution >= 0.6 is 0 Å². The molecule has 0 aliphatic heterocycles. The molecule has 2 nitrogen and oxygen atoms in total. The van der Waals surface area contributed by atoms with Crippen LogP contribution in [0.4, 0.5) is 0 Å². The summed E-state index contributed by atoms with van der Waals surface area (Å²) in [5.74, 6) is 0.394. The normalized spacial score (nSPS) is 35.5. The number of hydrogen-bond acceptors (Lipinski definition) is 2. The van der Waals surface area contributed by atoms with Crippen LogP contribution in [0, 0.1) is 16.7 Å². The minimum Gasteiger partial charge on any atom is -0.389 e. The van der Waals surface area contributed by atoms with Crippen molar-refractivity contribution >= 4 is 0 Å². The van der Waals surface area contributed by atoms with Gasteiger partial charge in [-0.1, -0.05) is 59.3 Å². The number of rotatable bonds is 2. The summed E-state index contributed by atoms with van der Waals surface area (Å²) in [5.41, 5.74) is 5.87. The molecule has 0 bridgehead atoms. The Bertz CT molecular complexity index is 312. The Morgan fingerprint density at radius 2 is 1.50 bits per heavy atom. The third-order valence-corrected chi connectivity index (χ3v) is 6.29. The van der Waals surface area contributed by atoms with Gasteiger partial charge in [-0.2, -0.15) is 0 Å². The minimum atomic E-state index is -0.539. The van der Waals surface area contributed by atoms with Crippen LogP contribution in [-0.2, 0) is 0 Å². The van der Waals surface area contributed by atoms with Crippen LogP contribution in [0.3, 0.4) is 0 Å². The molecule has 0 saturated heterocycles. The number of hydrogen-bond donors (Lipinski definition) is 2. The van der Waals surface area contributed by atoms with Gasteiger partial charge in [-0.25, -0.2) is 0 Å². The molecule has 0 heterocycles. The fourth-order valence-corrected chi connectivity index (χ4v) is 5.16. The van der Waals surface area contributed by atoms with E-state index < -0.39 is 5.60 Å². The van der Waals surface area contributed by atoms with Crippen LogP contribution < -0.4 is 5.73 Å². The first-order valence-electron chi connectivity index (χ1n) is 8.78. The Morgan fingerprint density at radius 1 is 0.950 bits per heavy atom. The van der Waals surface area contributed by atoms with E-state index in [0.29, 0.717) is 12.5 Å². The van der Waals surface area contributed by atoms with Crippen LogP contribution in [0.15, 0.2) is 0 Å². The maximum absolute atomic E-state index is 11.8. The topological polar surface area (TPSA) is 46.2 Å². The van der Waals surface area contributed by atoms with Crippen LogP contribution in [0.5, 0.6) is 0 Å². The Balaban J connectivity index is 2.36. The summed E-state index contributed by atoms with van der Waals surface area (Å²) in [7, 11) is 0. The molecule has 0 radical (unpaired) electrons. The highest BCUT2D eigenvalue weighted by Crippen LogP contribution is 2.56. The zero-order chi connectivity index (χ0) is 14.9. The second-order valence-electron chi connectivity index (χ2n) is 8.49. The van der Waals surface area contributed by atoms with Crippen molar-refractivity contribution in [1.82, 2.24) is 0 Å². The van der Waals surface area contributed by atoms with Gasteiger partial charge in [0.1, 0.15) is 0 Å². The SMILES string of the molecule is CC(C)(C)C1CCCCC1(O)C1(CN)CCCCCC1. The molecule has 0 aromatic heterocycles. The summed E-state index contributed by atoms with van der Waals surface area (Å²) in [6.07, 6.45) is 12.0. The Hall–Kier alpha value is -0.0800. The molecule has 0 amide bonds. The molecule has 2 aliphatic rings. The maximum atomic E-state index is 11.8. The highest BCUT2D eigenvalue weighted by Gasteiger charge is 2.56. The van der Waals surface area contributed by atoms with E-state index in [0.717, 1.165) is 19.3 Å². The molecule has 2 atom stereocenters. The van der Waals surface area contributed by atoms with Gasteiger partial charge in [0.2, 0.25) is 0 Å². The lowest BCUT2D eigenvalue weighted by Gasteiger charge is -2.57. The van der Waals surface area contributed by atoms with Crippen molar-refractivity contribution in [2.24, 2.45) is 22.5 Å². The second-order valence-corrected chi connectivity index (χ2v) is 8.49. The van der Waals surface area contributed by atoms with E-state index >= 15 is 0 Å². The predicted octanol–water partition coefficient (Wildman–Crippen LogP) is 4.25. The fraction of sp³-hybridized carbons (Fsp3) is 1.00. The highest BCUT2D eigenvalue weighted by atomic mass is 16.3. The fourth-order valence-electron chi connectivity index (χ4n) is 5.16. The average Bonchev–Trinajstić information content (AvgIpc) is 2.64. The Labute approximate surface area is 125 Å². The van der Waals surface area contributed by atoms with E-state index in [1.165, 1.54) is 44.9 Å². The van der Waals surface area contributed by atoms with Crippen molar-refractivity contribution in [2.75, 3.05) is 6.54 Å². The van der Waals surface area contributed by atoms with Gasteiger partial charge >= 0.3 is 0 Å². The second kappa shape index (κ2) is 5.96. The van der Waals surface area contributed by atoms with Crippen molar-refractivity contribution in [1.29, 1.82) is 0 Å². The van der Waals surface area contributed by atoms with Crippen LogP contribution in [0.25, 0.3) is 0 Å². The van der Waals surface area contributed by atoms with Gasteiger partial charge in [-0.3, -0.25) is 0 Å². The summed E-state index contributed by atoms with van der Waals surface area (Å²) in [6, 6.07) is 0. The van der Waals surface area contributed by atoms with Crippen molar-refractivity contribution in [3.8, 4) is 0 Å². The molecule has 2 rings (SSSR count). The van der Waals surface area contributed by atoms with E-state index in [2.05, 4.69) is 20.8 Å². The van der Waals surface area contributed by atoms with Crippen molar-refractivity contribution in [3.05, 3.63) is 0 Å². The summed E-state index contributed by atoms with van der Waals surface area (Å²) >= 11 is 0. The molecule has 2 heteroatoms. The Kier molecular flexibility index (Phi) is 4.86. The zero-order valence-electron chi connectivity index (χ0n) is 13.9. The first-order valence-corrected chi connectivity index (χ1v) is 8.78. The standard InChI is InChI=1S/C18H35NO/c1-16(2,3)15-10-6-9-13-18(15,20)17(14-19)11-7-4-5-8-12-17/h15,20H,4-14,19H2,1-3H3. The van der Waals surface area contributed by atoms with E-state index in [1.807, 2.05) is 0 Å². The number of aliphatic hydroxyl groups is 1. The van der Waals surface area contributed by atoms with Gasteiger partial charge in [-0.05, 0) is 37.0 Å². The van der Waals surface area contributed by atoms with Gasteiger partial charge in [-0.15, -0.1) is 0 Å². The van der Waals surface area contributed by atoms with Crippen molar-refractivity contribution in [3.63, 3.8) is 0 Å². The third-order valence-electron chi connectivity index (χ3n) is 6.29. The summed E-state index contributed by atoms with van der Waals surface area (Å²) in [5, 5.41) is 11.8. The van der Waals surface area contributed by atoms with Crippen LogP contribution in [0.1, 0.15) is 85.0 Å². The molecule has 2 fully saturated rings. The monoisotopic (exact) mass is 281 g/mol. The molecule has 2 aliphatic carbocycles. The van der Waals surface area contributed by atoms with E-state index in [4.69, 9.17) is 5.73 Å². The van der Waals surface area contributed by atoms with Gasteiger partial charge in [0.25, 0.3) is 0 Å². The minimum absolute atomic E-state index is 0.0259. The summed E-state index contributed by atoms with van der Waals surface area (Å²) < 4.78 is 0. The van der Waals surface area contributed by atoms with Crippen LogP contribution in [-0.4, -0.2) is 17.3 Å². The molecule has 0 aromatic carbocycles. The first-order chi connectivity index (χ1) is 9.36. The molecule has 2 unspecified atom stereocenters. The molecular formula is C18H35NO. The average molecular weight is 281 g/mol. The lowest BCUT2D eigenvalue weighted by Crippen LogP contribution is -2.60. The summed E-state index contributed by atoms with van der Waals surface area (Å²) in [4.78, 5) is 0. The van der Waals surface area contributed by atoms with Crippen molar-refractivity contribution in [2.45, 2.75) is 90.6 Å². The van der Waals surface area contributed by atoms with Gasteiger partial charge in [0.05, 0.1) is 5.60 Å². The van der Waals surface area contributed by atoms with Crippen molar-refractivity contribution < 1.29 is 5.11 Å². The van der Waals surface area contributed by atoms with Gasteiger partial charge < -0.3 is 10.8 Å². The zero-order valence-corrected chi connectivity index (χ0v) is 13.9. The lowest BCUT2D eigenvalue weighted by molar-refractivity contribution is -0.177. The molecular weight excluding hydrogens is 246 g/mol. The molecule has 2 saturated carbocycles. The first kappa shape index (κ1) is 16.3. The Morgan fingerprint density at radius 3 is 2.00 bits per heavy atom. The smallest absolute Gasteiger partial charge is 0.0748 e. The molecule has 0 spiro atoms. The van der Waals surface area contributed by atoms with Gasteiger partial charge in [0, 0.05) is 12.0 Å². The van der Waals surface area contributed by atoms with E-state index in [-0.39, 0.29) is 10.8 Å². The quantitative estimate of drug-likeness (QED) is 0.743. The predicted molar refractivity (Wildman–Crippen MR) is 85.6 cm³/mol. The van der Waals surface area contributed by atoms with Gasteiger partial charge in [0.15, 0.2) is 0 Å².